The van der Waals surface area contributed by atoms with Crippen LogP contribution in [-0.2, 0) is 21.4 Å². The van der Waals surface area contributed by atoms with Crippen molar-refractivity contribution < 1.29 is 23.8 Å². The van der Waals surface area contributed by atoms with Crippen LogP contribution in [-0.4, -0.2) is 16.9 Å². The molecule has 1 aliphatic carbocycles. The first-order valence-corrected chi connectivity index (χ1v) is 13.3. The van der Waals surface area contributed by atoms with Crippen molar-refractivity contribution in [2.45, 2.75) is 51.9 Å². The monoisotopic (exact) mass is 522 g/mol. The molecule has 0 fully saturated rings. The number of carbonyl (C=O) groups excluding carboxylic acids is 2. The van der Waals surface area contributed by atoms with Crippen molar-refractivity contribution in [2.24, 2.45) is 0 Å². The van der Waals surface area contributed by atoms with E-state index in [0.717, 1.165) is 10.9 Å². The van der Waals surface area contributed by atoms with Crippen molar-refractivity contribution in [3.63, 3.8) is 0 Å². The lowest BCUT2D eigenvalue weighted by Gasteiger charge is -2.35. The molecule has 1 heterocycles. The number of fused-ring (bicyclic) bond motifs is 2. The number of esters is 1. The molecule has 4 aromatic rings. The number of benzene rings is 3. The molecule has 0 radical (unpaired) electrons. The predicted octanol–water partition coefficient (Wildman–Crippen LogP) is 6.93. The van der Waals surface area contributed by atoms with Gasteiger partial charge in [-0.3, -0.25) is 14.4 Å². The minimum atomic E-state index is -1.04. The molecule has 6 nitrogen and oxygen atoms in total. The molecule has 0 amide bonds. The Morgan fingerprint density at radius 3 is 2.23 bits per heavy atom. The first-order valence-electron chi connectivity index (χ1n) is 13.3. The van der Waals surface area contributed by atoms with Crippen molar-refractivity contribution in [1.82, 2.24) is 0 Å². The number of rotatable bonds is 7. The van der Waals surface area contributed by atoms with Crippen molar-refractivity contribution in [3.8, 4) is 17.1 Å². The Morgan fingerprint density at radius 2 is 1.56 bits per heavy atom. The Morgan fingerprint density at radius 1 is 0.897 bits per heavy atom. The van der Waals surface area contributed by atoms with Crippen molar-refractivity contribution in [3.05, 3.63) is 105 Å². The van der Waals surface area contributed by atoms with Gasteiger partial charge < -0.3 is 14.3 Å². The molecular weight excluding hydrogens is 492 g/mol. The average Bonchev–Trinajstić information content (AvgIpc) is 2.94. The van der Waals surface area contributed by atoms with Gasteiger partial charge in [0.05, 0.1) is 11.8 Å². The zero-order valence-electron chi connectivity index (χ0n) is 22.2. The fraction of sp³-hybridized carbons (Fsp3) is 0.242. The third-order valence-corrected chi connectivity index (χ3v) is 7.74. The normalized spacial score (nSPS) is 14.4. The Balaban J connectivity index is 1.63. The molecule has 0 spiro atoms. The topological polar surface area (TPSA) is 93.8 Å². The first kappa shape index (κ1) is 26.2. The summed E-state index contributed by atoms with van der Waals surface area (Å²) in [7, 11) is 0. The zero-order valence-corrected chi connectivity index (χ0v) is 22.2. The lowest BCUT2D eigenvalue weighted by Crippen LogP contribution is -2.41. The number of allylic oxidation sites excluding steroid dienone is 1. The minimum Gasteiger partial charge on any atom is -0.507 e. The summed E-state index contributed by atoms with van der Waals surface area (Å²) in [6, 6.07) is 21.6. The molecule has 198 valence electrons. The van der Waals surface area contributed by atoms with Crippen LogP contribution in [0.2, 0.25) is 0 Å². The standard InChI is InChI=1S/C33H30O6/c1-4-21-30(36)29-25(34)19-27(39-32(29)33(5-2,6-3)31(21)37)24-16-17-26(23-15-11-10-14-22(23)24)38-28(35)18-20-12-8-7-9-13-20/h7-17,19,36H,4-6,18H2,1-3H3. The van der Waals surface area contributed by atoms with E-state index >= 15 is 0 Å². The fourth-order valence-corrected chi connectivity index (χ4v) is 5.55. The minimum absolute atomic E-state index is 0.0645. The summed E-state index contributed by atoms with van der Waals surface area (Å²) in [6.07, 6.45) is 1.31. The number of aliphatic hydroxyl groups is 1. The number of hydrogen-bond donors (Lipinski definition) is 1. The summed E-state index contributed by atoms with van der Waals surface area (Å²) < 4.78 is 12.1. The SMILES string of the molecule is CCC1=C(O)c2c(oc(-c3ccc(OC(=O)Cc4ccccc4)c4ccccc34)cc2=O)C(CC)(CC)C1=O. The first-order chi connectivity index (χ1) is 18.8. The van der Waals surface area contributed by atoms with E-state index < -0.39 is 10.8 Å². The number of hydrogen-bond acceptors (Lipinski definition) is 6. The van der Waals surface area contributed by atoms with E-state index in [0.29, 0.717) is 36.0 Å². The summed E-state index contributed by atoms with van der Waals surface area (Å²) in [5.74, 6) is 0.00534. The lowest BCUT2D eigenvalue weighted by atomic mass is 9.68. The Kier molecular flexibility index (Phi) is 6.96. The number of aliphatic hydroxyl groups excluding tert-OH is 1. The molecule has 0 bridgehead atoms. The summed E-state index contributed by atoms with van der Waals surface area (Å²) >= 11 is 0. The smallest absolute Gasteiger partial charge is 0.315 e. The largest absolute Gasteiger partial charge is 0.507 e. The van der Waals surface area contributed by atoms with Gasteiger partial charge in [0.25, 0.3) is 0 Å². The maximum atomic E-state index is 13.5. The van der Waals surface area contributed by atoms with E-state index in [1.807, 2.05) is 68.4 Å². The Bertz CT molecular complexity index is 1670. The van der Waals surface area contributed by atoms with Crippen LogP contribution in [0.25, 0.3) is 27.9 Å². The highest BCUT2D eigenvalue weighted by Crippen LogP contribution is 2.45. The van der Waals surface area contributed by atoms with E-state index in [1.54, 1.807) is 19.1 Å². The quantitative estimate of drug-likeness (QED) is 0.209. The van der Waals surface area contributed by atoms with E-state index in [4.69, 9.17) is 9.15 Å². The molecule has 1 N–H and O–H groups in total. The van der Waals surface area contributed by atoms with Gasteiger partial charge in [-0.2, -0.15) is 0 Å². The molecule has 39 heavy (non-hydrogen) atoms. The van der Waals surface area contributed by atoms with E-state index in [9.17, 15) is 19.5 Å². The van der Waals surface area contributed by atoms with Gasteiger partial charge in [0.2, 0.25) is 0 Å². The summed E-state index contributed by atoms with van der Waals surface area (Å²) in [5, 5.41) is 12.3. The molecule has 6 heteroatoms. The summed E-state index contributed by atoms with van der Waals surface area (Å²) in [6.45, 7) is 5.57. The second-order valence-electron chi connectivity index (χ2n) is 9.77. The van der Waals surface area contributed by atoms with Gasteiger partial charge in [0.15, 0.2) is 11.2 Å². The van der Waals surface area contributed by atoms with E-state index in [-0.39, 0.29) is 46.6 Å². The van der Waals surface area contributed by atoms with Crippen molar-refractivity contribution in [2.75, 3.05) is 0 Å². The fourth-order valence-electron chi connectivity index (χ4n) is 5.55. The molecule has 0 saturated carbocycles. The van der Waals surface area contributed by atoms with Gasteiger partial charge in [-0.05, 0) is 42.3 Å². The molecular formula is C33H30O6. The van der Waals surface area contributed by atoms with Crippen LogP contribution in [0, 0.1) is 0 Å². The van der Waals surface area contributed by atoms with Gasteiger partial charge in [-0.15, -0.1) is 0 Å². The van der Waals surface area contributed by atoms with Crippen LogP contribution in [0.1, 0.15) is 56.9 Å². The van der Waals surface area contributed by atoms with Gasteiger partial charge in [-0.25, -0.2) is 0 Å². The van der Waals surface area contributed by atoms with Crippen molar-refractivity contribution in [1.29, 1.82) is 0 Å². The molecule has 5 rings (SSSR count). The van der Waals surface area contributed by atoms with Gasteiger partial charge >= 0.3 is 5.97 Å². The van der Waals surface area contributed by atoms with Crippen LogP contribution < -0.4 is 10.2 Å². The third kappa shape index (κ3) is 4.36. The number of ether oxygens (including phenoxy) is 1. The maximum Gasteiger partial charge on any atom is 0.315 e. The second-order valence-corrected chi connectivity index (χ2v) is 9.77. The predicted molar refractivity (Wildman–Crippen MR) is 151 cm³/mol. The van der Waals surface area contributed by atoms with Crippen LogP contribution in [0.3, 0.4) is 0 Å². The number of Topliss-reactive ketones (excluding diaryl/α,β-unsaturated/α-hetero) is 1. The van der Waals surface area contributed by atoms with Crippen LogP contribution >= 0.6 is 0 Å². The molecule has 0 saturated heterocycles. The highest BCUT2D eigenvalue weighted by atomic mass is 16.5. The van der Waals surface area contributed by atoms with Crippen LogP contribution in [0.15, 0.2) is 87.6 Å². The zero-order chi connectivity index (χ0) is 27.7. The average molecular weight is 523 g/mol. The van der Waals surface area contributed by atoms with Gasteiger partial charge in [-0.1, -0.05) is 75.4 Å². The second kappa shape index (κ2) is 10.4. The number of ketones is 1. The Labute approximate surface area is 226 Å². The van der Waals surface area contributed by atoms with E-state index in [2.05, 4.69) is 0 Å². The van der Waals surface area contributed by atoms with E-state index in [1.165, 1.54) is 6.07 Å². The molecule has 0 atom stereocenters. The molecule has 1 aliphatic rings. The highest BCUT2D eigenvalue weighted by Gasteiger charge is 2.48. The van der Waals surface area contributed by atoms with Gasteiger partial charge in [0.1, 0.15) is 28.6 Å². The van der Waals surface area contributed by atoms with Crippen LogP contribution in [0.4, 0.5) is 0 Å². The lowest BCUT2D eigenvalue weighted by molar-refractivity contribution is -0.133. The summed E-state index contributed by atoms with van der Waals surface area (Å²) in [5.41, 5.74) is 0.355. The molecule has 3 aromatic carbocycles. The Hall–Kier alpha value is -4.45. The highest BCUT2D eigenvalue weighted by molar-refractivity contribution is 6.10. The number of carbonyl (C=O) groups is 2. The molecule has 0 aliphatic heterocycles. The summed E-state index contributed by atoms with van der Waals surface area (Å²) in [4.78, 5) is 39.7. The van der Waals surface area contributed by atoms with Crippen molar-refractivity contribution >= 4 is 28.3 Å². The molecule has 1 aromatic heterocycles. The van der Waals surface area contributed by atoms with Gasteiger partial charge in [0, 0.05) is 22.6 Å². The third-order valence-electron chi connectivity index (χ3n) is 7.74. The maximum absolute atomic E-state index is 13.5. The molecule has 0 unspecified atom stereocenters. The van der Waals surface area contributed by atoms with Crippen LogP contribution in [0.5, 0.6) is 5.75 Å².